The first-order chi connectivity index (χ1) is 23.0. The van der Waals surface area contributed by atoms with Crippen LogP contribution in [-0.2, 0) is 0 Å². The number of nitrogens with zero attached hydrogens (tertiary/aromatic N) is 1. The monoisotopic (exact) mass is 616 g/mol. The van der Waals surface area contributed by atoms with E-state index in [1.54, 1.807) is 0 Å². The molecule has 0 bridgehead atoms. The summed E-state index contributed by atoms with van der Waals surface area (Å²) < 4.78 is 0. The molecule has 2 aromatic carbocycles. The van der Waals surface area contributed by atoms with Crippen LogP contribution in [0.25, 0.3) is 0 Å². The Bertz CT molecular complexity index is 1740. The summed E-state index contributed by atoms with van der Waals surface area (Å²) in [5.41, 5.74) is 12.5. The average Bonchev–Trinajstić information content (AvgIpc) is 3.48. The molecule has 238 valence electrons. The van der Waals surface area contributed by atoms with Gasteiger partial charge in [-0.05, 0) is 110 Å². The van der Waals surface area contributed by atoms with Crippen molar-refractivity contribution >= 4 is 17.1 Å². The van der Waals surface area contributed by atoms with Gasteiger partial charge in [-0.3, -0.25) is 0 Å². The van der Waals surface area contributed by atoms with Crippen molar-refractivity contribution in [3.05, 3.63) is 186 Å². The van der Waals surface area contributed by atoms with Gasteiger partial charge in [0.25, 0.3) is 0 Å². The summed E-state index contributed by atoms with van der Waals surface area (Å²) in [5, 5.41) is 3.83. The SMILES string of the molecule is C=C1/C=C\CCC2(CC/C=C\C1=C)C(=C)C/C(C1=CC=C(C3Nc4ccccc4N3c3ccccc3)CC1)=C\C/C=C/C=C\C=C\2C. The minimum atomic E-state index is -0.0972. The van der Waals surface area contributed by atoms with Gasteiger partial charge in [-0.15, -0.1) is 0 Å². The smallest absolute Gasteiger partial charge is 0.126 e. The molecule has 1 aliphatic heterocycles. The quantitative estimate of drug-likeness (QED) is 0.345. The fourth-order valence-corrected chi connectivity index (χ4v) is 7.42. The lowest BCUT2D eigenvalue weighted by Crippen LogP contribution is -2.34. The number of hydrogen-bond donors (Lipinski definition) is 1. The van der Waals surface area contributed by atoms with Gasteiger partial charge in [-0.1, -0.05) is 134 Å². The molecule has 4 aliphatic rings. The minimum Gasteiger partial charge on any atom is -0.360 e. The zero-order valence-electron chi connectivity index (χ0n) is 27.9. The van der Waals surface area contributed by atoms with Crippen LogP contribution in [-0.4, -0.2) is 6.17 Å². The number of benzene rings is 2. The third kappa shape index (κ3) is 7.13. The van der Waals surface area contributed by atoms with Crippen LogP contribution >= 0.6 is 0 Å². The van der Waals surface area contributed by atoms with Crippen molar-refractivity contribution in [1.29, 1.82) is 0 Å². The van der Waals surface area contributed by atoms with E-state index in [1.807, 2.05) is 0 Å². The van der Waals surface area contributed by atoms with Crippen molar-refractivity contribution in [2.75, 3.05) is 10.2 Å². The zero-order valence-corrected chi connectivity index (χ0v) is 27.9. The van der Waals surface area contributed by atoms with Crippen molar-refractivity contribution in [3.63, 3.8) is 0 Å². The highest BCUT2D eigenvalue weighted by atomic mass is 15.3. The predicted molar refractivity (Wildman–Crippen MR) is 204 cm³/mol. The van der Waals surface area contributed by atoms with Crippen molar-refractivity contribution in [1.82, 2.24) is 0 Å². The molecule has 0 aromatic heterocycles. The lowest BCUT2D eigenvalue weighted by molar-refractivity contribution is 0.363. The average molecular weight is 617 g/mol. The molecule has 0 fully saturated rings. The van der Waals surface area contributed by atoms with Crippen molar-refractivity contribution < 1.29 is 0 Å². The van der Waals surface area contributed by atoms with Gasteiger partial charge in [0.2, 0.25) is 0 Å². The van der Waals surface area contributed by atoms with Gasteiger partial charge in [0.15, 0.2) is 0 Å². The minimum absolute atomic E-state index is 0.0962. The van der Waals surface area contributed by atoms with E-state index in [0.717, 1.165) is 62.5 Å². The highest BCUT2D eigenvalue weighted by molar-refractivity contribution is 5.83. The Hall–Kier alpha value is -4.82. The molecular weight excluding hydrogens is 569 g/mol. The molecule has 1 unspecified atom stereocenters. The number of para-hydroxylation sites is 3. The lowest BCUT2D eigenvalue weighted by Gasteiger charge is -2.38. The number of hydrogen-bond acceptors (Lipinski definition) is 2. The number of allylic oxidation sites excluding steroid dienone is 18. The van der Waals surface area contributed by atoms with E-state index in [1.165, 1.54) is 44.9 Å². The summed E-state index contributed by atoms with van der Waals surface area (Å²) >= 11 is 0. The van der Waals surface area contributed by atoms with Gasteiger partial charge >= 0.3 is 0 Å². The standard InChI is InChI=1S/C45H48N2/c1-34-19-15-17-31-45(32-18-16-20-35(34)2)36(3)21-9-6-5-7-10-22-40(33-37(45)4)38-27-29-39(30-28-38)44-46-42-25-13-14-26-43(42)47(44)41-23-11-8-12-24-41/h5-9,11-16,19-27,29,44,46H,1-2,4,10,17-18,28,30-33H2,3H3/b7-5+,9-6-,19-15-,20-16-,36-21+,40-22+. The topological polar surface area (TPSA) is 15.3 Å². The Morgan fingerprint density at radius 1 is 0.745 bits per heavy atom. The van der Waals surface area contributed by atoms with Crippen LogP contribution in [0.5, 0.6) is 0 Å². The molecule has 1 atom stereocenters. The Kier molecular flexibility index (Phi) is 10.1. The normalized spacial score (nSPS) is 26.8. The van der Waals surface area contributed by atoms with E-state index >= 15 is 0 Å². The zero-order chi connectivity index (χ0) is 32.6. The third-order valence-corrected chi connectivity index (χ3v) is 10.3. The molecule has 0 saturated heterocycles. The first-order valence-corrected chi connectivity index (χ1v) is 17.2. The van der Waals surface area contributed by atoms with Crippen LogP contribution < -0.4 is 10.2 Å². The Morgan fingerprint density at radius 3 is 2.19 bits per heavy atom. The number of anilines is 3. The second-order valence-corrected chi connectivity index (χ2v) is 13.1. The maximum atomic E-state index is 4.87. The van der Waals surface area contributed by atoms with Crippen molar-refractivity contribution in [3.8, 4) is 0 Å². The van der Waals surface area contributed by atoms with E-state index in [9.17, 15) is 0 Å². The molecule has 0 saturated carbocycles. The van der Waals surface area contributed by atoms with Crippen LogP contribution in [0.4, 0.5) is 17.1 Å². The Morgan fingerprint density at radius 2 is 1.47 bits per heavy atom. The molecule has 1 spiro atoms. The van der Waals surface area contributed by atoms with E-state index < -0.39 is 0 Å². The fourth-order valence-electron chi connectivity index (χ4n) is 7.42. The summed E-state index contributed by atoms with van der Waals surface area (Å²) in [5.74, 6) is 0. The molecule has 2 nitrogen and oxygen atoms in total. The molecule has 1 N–H and O–H groups in total. The highest BCUT2D eigenvalue weighted by Crippen LogP contribution is 2.48. The summed E-state index contributed by atoms with van der Waals surface area (Å²) in [7, 11) is 0. The van der Waals surface area contributed by atoms with Gasteiger partial charge in [0, 0.05) is 11.1 Å². The predicted octanol–water partition coefficient (Wildman–Crippen LogP) is 12.3. The van der Waals surface area contributed by atoms with Crippen LogP contribution in [0.3, 0.4) is 0 Å². The third-order valence-electron chi connectivity index (χ3n) is 10.3. The number of nitrogens with one attached hydrogen (secondary N) is 1. The molecule has 0 amide bonds. The van der Waals surface area contributed by atoms with Crippen LogP contribution in [0.15, 0.2) is 186 Å². The first-order valence-electron chi connectivity index (χ1n) is 17.2. The maximum absolute atomic E-state index is 4.87. The van der Waals surface area contributed by atoms with Gasteiger partial charge < -0.3 is 10.2 Å². The molecule has 6 rings (SSSR count). The van der Waals surface area contributed by atoms with Crippen LogP contribution in [0, 0.1) is 5.41 Å². The first kappa shape index (κ1) is 32.1. The number of rotatable bonds is 3. The lowest BCUT2D eigenvalue weighted by atomic mass is 9.66. The molecule has 2 aromatic rings. The van der Waals surface area contributed by atoms with Gasteiger partial charge in [0.05, 0.1) is 11.4 Å². The maximum Gasteiger partial charge on any atom is 0.126 e. The fraction of sp³-hybridized carbons (Fsp3) is 0.244. The Balaban J connectivity index is 1.31. The molecule has 47 heavy (non-hydrogen) atoms. The molecule has 2 heteroatoms. The molecule has 1 heterocycles. The van der Waals surface area contributed by atoms with Crippen LogP contribution in [0.2, 0.25) is 0 Å². The molecule has 0 radical (unpaired) electrons. The summed E-state index contributed by atoms with van der Waals surface area (Å²) in [6.45, 7) is 15.6. The van der Waals surface area contributed by atoms with Gasteiger partial charge in [-0.25, -0.2) is 0 Å². The highest BCUT2D eigenvalue weighted by Gasteiger charge is 2.35. The summed E-state index contributed by atoms with van der Waals surface area (Å²) in [4.78, 5) is 2.45. The summed E-state index contributed by atoms with van der Waals surface area (Å²) in [6.07, 6.45) is 35.0. The van der Waals surface area contributed by atoms with E-state index in [2.05, 4.69) is 158 Å². The van der Waals surface area contributed by atoms with Gasteiger partial charge in [0.1, 0.15) is 6.17 Å². The van der Waals surface area contributed by atoms with E-state index in [-0.39, 0.29) is 11.6 Å². The summed E-state index contributed by atoms with van der Waals surface area (Å²) in [6, 6.07) is 19.4. The van der Waals surface area contributed by atoms with Crippen molar-refractivity contribution in [2.45, 2.75) is 64.5 Å². The van der Waals surface area contributed by atoms with E-state index in [4.69, 9.17) is 6.58 Å². The Labute approximate surface area is 282 Å². The molecule has 3 aliphatic carbocycles. The second kappa shape index (κ2) is 14.7. The largest absolute Gasteiger partial charge is 0.360 e. The van der Waals surface area contributed by atoms with Crippen LogP contribution in [0.1, 0.15) is 58.3 Å². The van der Waals surface area contributed by atoms with Crippen molar-refractivity contribution in [2.24, 2.45) is 5.41 Å². The van der Waals surface area contributed by atoms with E-state index in [0.29, 0.717) is 0 Å². The van der Waals surface area contributed by atoms with Gasteiger partial charge in [-0.2, -0.15) is 0 Å². The molecular formula is C45H48N2. The number of fused-ring (bicyclic) bond motifs is 1. The second-order valence-electron chi connectivity index (χ2n) is 13.1.